The summed E-state index contributed by atoms with van der Waals surface area (Å²) in [6, 6.07) is 6.33. The van der Waals surface area contributed by atoms with Crippen LogP contribution in [0.1, 0.15) is 57.8 Å². The quantitative estimate of drug-likeness (QED) is 0.577. The summed E-state index contributed by atoms with van der Waals surface area (Å²) in [4.78, 5) is 4.65. The third-order valence-electron chi connectivity index (χ3n) is 3.73. The molecule has 2 nitrogen and oxygen atoms in total. The van der Waals surface area contributed by atoms with Gasteiger partial charge in [-0.15, -0.1) is 11.6 Å². The molecule has 0 amide bonds. The van der Waals surface area contributed by atoms with Crippen molar-refractivity contribution >= 4 is 34.2 Å². The van der Waals surface area contributed by atoms with Crippen LogP contribution in [0.15, 0.2) is 18.2 Å². The standard InChI is InChI=1S/C16H22Cl2N2/c1-3-5-8-12(7-4-2)20-15(11-17)19-14-10-6-9-13(18)16(14)20/h6,9-10,12H,3-5,7-8,11H2,1-2H3. The van der Waals surface area contributed by atoms with E-state index in [1.165, 1.54) is 12.8 Å². The number of aromatic nitrogens is 2. The Hall–Kier alpha value is -0.730. The maximum Gasteiger partial charge on any atom is 0.125 e. The lowest BCUT2D eigenvalue weighted by atomic mass is 10.0. The first kappa shape index (κ1) is 15.7. The van der Waals surface area contributed by atoms with E-state index in [1.54, 1.807) is 0 Å². The minimum absolute atomic E-state index is 0.428. The maximum atomic E-state index is 6.41. The summed E-state index contributed by atoms with van der Waals surface area (Å²) in [6.07, 6.45) is 5.87. The van der Waals surface area contributed by atoms with Crippen LogP contribution < -0.4 is 0 Å². The van der Waals surface area contributed by atoms with Crippen LogP contribution >= 0.6 is 23.2 Å². The van der Waals surface area contributed by atoms with E-state index in [9.17, 15) is 0 Å². The molecule has 1 aromatic heterocycles. The summed E-state index contributed by atoms with van der Waals surface area (Å²) < 4.78 is 2.28. The molecule has 0 N–H and O–H groups in total. The molecule has 1 unspecified atom stereocenters. The molecule has 0 spiro atoms. The molecular formula is C16H22Cl2N2. The third kappa shape index (κ3) is 3.12. The van der Waals surface area contributed by atoms with Crippen LogP contribution in [0, 0.1) is 0 Å². The number of nitrogens with zero attached hydrogens (tertiary/aromatic N) is 2. The largest absolute Gasteiger partial charge is 0.323 e. The van der Waals surface area contributed by atoms with Crippen LogP contribution in [0.25, 0.3) is 11.0 Å². The van der Waals surface area contributed by atoms with E-state index in [2.05, 4.69) is 23.4 Å². The first-order valence-electron chi connectivity index (χ1n) is 7.44. The Labute approximate surface area is 131 Å². The van der Waals surface area contributed by atoms with Crippen LogP contribution in [-0.2, 0) is 5.88 Å². The molecule has 0 aliphatic heterocycles. The number of benzene rings is 1. The van der Waals surface area contributed by atoms with Crippen LogP contribution in [0.3, 0.4) is 0 Å². The Bertz CT molecular complexity index is 563. The Morgan fingerprint density at radius 1 is 1.20 bits per heavy atom. The first-order valence-corrected chi connectivity index (χ1v) is 8.35. The number of hydrogen-bond acceptors (Lipinski definition) is 1. The van der Waals surface area contributed by atoms with Crippen LogP contribution in [0.5, 0.6) is 0 Å². The fourth-order valence-electron chi connectivity index (χ4n) is 2.82. The molecule has 2 rings (SSSR count). The highest BCUT2D eigenvalue weighted by atomic mass is 35.5. The van der Waals surface area contributed by atoms with E-state index < -0.39 is 0 Å². The Morgan fingerprint density at radius 2 is 2.00 bits per heavy atom. The second-order valence-electron chi connectivity index (χ2n) is 5.22. The van der Waals surface area contributed by atoms with Gasteiger partial charge in [0.2, 0.25) is 0 Å². The van der Waals surface area contributed by atoms with Gasteiger partial charge in [-0.05, 0) is 25.0 Å². The normalized spacial score (nSPS) is 13.0. The zero-order valence-electron chi connectivity index (χ0n) is 12.2. The summed E-state index contributed by atoms with van der Waals surface area (Å²) in [7, 11) is 0. The summed E-state index contributed by atoms with van der Waals surface area (Å²) >= 11 is 12.5. The van der Waals surface area contributed by atoms with Crippen molar-refractivity contribution in [1.29, 1.82) is 0 Å². The van der Waals surface area contributed by atoms with Gasteiger partial charge in [-0.2, -0.15) is 0 Å². The van der Waals surface area contributed by atoms with Crippen molar-refractivity contribution in [2.75, 3.05) is 0 Å². The molecule has 4 heteroatoms. The van der Waals surface area contributed by atoms with Gasteiger partial charge in [0.05, 0.1) is 21.9 Å². The predicted octanol–water partition coefficient (Wildman–Crippen LogP) is 5.96. The van der Waals surface area contributed by atoms with Gasteiger partial charge in [0.25, 0.3) is 0 Å². The topological polar surface area (TPSA) is 17.8 Å². The van der Waals surface area contributed by atoms with Crippen molar-refractivity contribution < 1.29 is 0 Å². The van der Waals surface area contributed by atoms with Gasteiger partial charge in [-0.1, -0.05) is 50.8 Å². The molecule has 1 atom stereocenters. The second kappa shape index (κ2) is 7.33. The zero-order valence-corrected chi connectivity index (χ0v) is 13.7. The summed E-state index contributed by atoms with van der Waals surface area (Å²) in [5.41, 5.74) is 1.99. The summed E-state index contributed by atoms with van der Waals surface area (Å²) in [5.74, 6) is 1.36. The molecular weight excluding hydrogens is 291 g/mol. The number of unbranched alkanes of at least 4 members (excludes halogenated alkanes) is 1. The zero-order chi connectivity index (χ0) is 14.5. The molecule has 0 saturated carbocycles. The minimum Gasteiger partial charge on any atom is -0.323 e. The summed E-state index contributed by atoms with van der Waals surface area (Å²) in [5, 5.41) is 0.768. The number of fused-ring (bicyclic) bond motifs is 1. The third-order valence-corrected chi connectivity index (χ3v) is 4.28. The number of para-hydroxylation sites is 1. The van der Waals surface area contributed by atoms with Gasteiger partial charge in [-0.25, -0.2) is 4.98 Å². The van der Waals surface area contributed by atoms with Gasteiger partial charge in [0.1, 0.15) is 5.82 Å². The van der Waals surface area contributed by atoms with Crippen LogP contribution in [0.2, 0.25) is 5.02 Å². The molecule has 1 heterocycles. The SMILES string of the molecule is CCCCC(CCC)n1c(CCl)nc2cccc(Cl)c21. The molecule has 1 aromatic carbocycles. The fraction of sp³-hybridized carbons (Fsp3) is 0.562. The Balaban J connectivity index is 2.53. The average Bonchev–Trinajstić information content (AvgIpc) is 2.83. The van der Waals surface area contributed by atoms with Crippen molar-refractivity contribution in [1.82, 2.24) is 9.55 Å². The van der Waals surface area contributed by atoms with Crippen molar-refractivity contribution in [3.8, 4) is 0 Å². The predicted molar refractivity (Wildman–Crippen MR) is 87.8 cm³/mol. The molecule has 20 heavy (non-hydrogen) atoms. The van der Waals surface area contributed by atoms with Crippen molar-refractivity contribution in [2.45, 2.75) is 57.9 Å². The molecule has 0 aliphatic rings. The highest BCUT2D eigenvalue weighted by Gasteiger charge is 2.19. The van der Waals surface area contributed by atoms with E-state index in [0.29, 0.717) is 11.9 Å². The maximum absolute atomic E-state index is 6.41. The first-order chi connectivity index (χ1) is 9.72. The van der Waals surface area contributed by atoms with Crippen molar-refractivity contribution in [2.24, 2.45) is 0 Å². The van der Waals surface area contributed by atoms with Crippen LogP contribution in [0.4, 0.5) is 0 Å². The van der Waals surface area contributed by atoms with Gasteiger partial charge in [-0.3, -0.25) is 0 Å². The average molecular weight is 313 g/mol. The Morgan fingerprint density at radius 3 is 2.65 bits per heavy atom. The number of rotatable bonds is 7. The summed E-state index contributed by atoms with van der Waals surface area (Å²) in [6.45, 7) is 4.45. The van der Waals surface area contributed by atoms with Crippen molar-refractivity contribution in [3.05, 3.63) is 29.0 Å². The lowest BCUT2D eigenvalue weighted by Gasteiger charge is -2.21. The monoisotopic (exact) mass is 312 g/mol. The molecule has 0 saturated heterocycles. The molecule has 0 bridgehead atoms. The van der Waals surface area contributed by atoms with Crippen molar-refractivity contribution in [3.63, 3.8) is 0 Å². The molecule has 2 aromatic rings. The van der Waals surface area contributed by atoms with E-state index in [4.69, 9.17) is 23.2 Å². The van der Waals surface area contributed by atoms with Gasteiger partial charge < -0.3 is 4.57 Å². The molecule has 110 valence electrons. The van der Waals surface area contributed by atoms with Gasteiger partial charge in [0.15, 0.2) is 0 Å². The van der Waals surface area contributed by atoms with E-state index in [1.807, 2.05) is 18.2 Å². The smallest absolute Gasteiger partial charge is 0.125 e. The number of imidazole rings is 1. The number of halogens is 2. The minimum atomic E-state index is 0.428. The number of alkyl halides is 1. The Kier molecular flexibility index (Phi) is 5.74. The highest BCUT2D eigenvalue weighted by molar-refractivity contribution is 6.35. The lowest BCUT2D eigenvalue weighted by Crippen LogP contribution is -2.12. The highest BCUT2D eigenvalue weighted by Crippen LogP contribution is 2.32. The van der Waals surface area contributed by atoms with Crippen LogP contribution in [-0.4, -0.2) is 9.55 Å². The second-order valence-corrected chi connectivity index (χ2v) is 5.90. The fourth-order valence-corrected chi connectivity index (χ4v) is 3.27. The molecule has 0 aliphatic carbocycles. The number of hydrogen-bond donors (Lipinski definition) is 0. The van der Waals surface area contributed by atoms with Gasteiger partial charge in [0, 0.05) is 6.04 Å². The molecule has 0 radical (unpaired) electrons. The van der Waals surface area contributed by atoms with E-state index in [-0.39, 0.29) is 0 Å². The lowest BCUT2D eigenvalue weighted by molar-refractivity contribution is 0.418. The van der Waals surface area contributed by atoms with Gasteiger partial charge >= 0.3 is 0 Å². The van der Waals surface area contributed by atoms with E-state index in [0.717, 1.165) is 41.1 Å². The molecule has 0 fully saturated rings. The van der Waals surface area contributed by atoms with E-state index >= 15 is 0 Å².